The normalized spacial score (nSPS) is 56.8. The van der Waals surface area contributed by atoms with Crippen LogP contribution in [-0.2, 0) is 33.2 Å². The van der Waals surface area contributed by atoms with Crippen molar-refractivity contribution in [3.05, 3.63) is 0 Å². The molecule has 4 aliphatic heterocycles. The van der Waals surface area contributed by atoms with Crippen molar-refractivity contribution >= 4 is 0 Å². The Hall–Kier alpha value is -0.760. The van der Waals surface area contributed by atoms with Crippen molar-refractivity contribution in [1.29, 1.82) is 0 Å². The van der Waals surface area contributed by atoms with Crippen LogP contribution in [0.4, 0.5) is 0 Å². The SMILES string of the molecule is C[C@@H](CC[C@]1(O)O[C@H]2C[C@@H]3[C@@H]4CC[C@H]5C[C@@H](O[C@@H]6O[C@H](CO)[C@@H](O)[C@H](O)[C@H]6O[C@@H]6O[C@@H](C)[C@H](O)[C@@H](O)[C@H]6O)[C@H](O)C[C@]5(C)[C@H]4CC[C@]3(C)[C@H]2[C@@H]1C)CO[C@@H]1O[C@H](CO)[C@@H](O)[C@H](O)[C@H]1O. The van der Waals surface area contributed by atoms with Crippen LogP contribution in [0.1, 0.15) is 92.4 Å². The maximum atomic E-state index is 12.1. The molecule has 0 unspecified atom stereocenters. The third-order valence-electron chi connectivity index (χ3n) is 18.0. The van der Waals surface area contributed by atoms with Crippen molar-refractivity contribution < 1.29 is 94.4 Å². The minimum Gasteiger partial charge on any atom is -0.394 e. The highest BCUT2D eigenvalue weighted by atomic mass is 16.8. The van der Waals surface area contributed by atoms with E-state index < -0.39 is 123 Å². The molecule has 64 heavy (non-hydrogen) atoms. The molecule has 19 heteroatoms. The summed E-state index contributed by atoms with van der Waals surface area (Å²) in [4.78, 5) is 0. The summed E-state index contributed by atoms with van der Waals surface area (Å²) in [5.41, 5.74) is -0.263. The van der Waals surface area contributed by atoms with Crippen molar-refractivity contribution in [2.24, 2.45) is 52.3 Å². The molecule has 8 rings (SSSR count). The van der Waals surface area contributed by atoms with Gasteiger partial charge in [0.25, 0.3) is 0 Å². The monoisotopic (exact) mass is 920 g/mol. The van der Waals surface area contributed by atoms with E-state index in [4.69, 9.17) is 33.2 Å². The molecular formula is C45H76O19. The zero-order valence-electron chi connectivity index (χ0n) is 37.6. The van der Waals surface area contributed by atoms with Crippen LogP contribution in [0.25, 0.3) is 0 Å². The van der Waals surface area contributed by atoms with E-state index in [-0.39, 0.29) is 47.2 Å². The molecule has 4 saturated carbocycles. The number of fused-ring (bicyclic) bond motifs is 7. The summed E-state index contributed by atoms with van der Waals surface area (Å²) >= 11 is 0. The Morgan fingerprint density at radius 2 is 1.31 bits per heavy atom. The van der Waals surface area contributed by atoms with Gasteiger partial charge in [0.2, 0.25) is 0 Å². The summed E-state index contributed by atoms with van der Waals surface area (Å²) in [7, 11) is 0. The maximum absolute atomic E-state index is 12.1. The Balaban J connectivity index is 0.883. The van der Waals surface area contributed by atoms with Crippen LogP contribution in [0, 0.1) is 52.3 Å². The zero-order chi connectivity index (χ0) is 46.4. The Morgan fingerprint density at radius 3 is 2.00 bits per heavy atom. The minimum atomic E-state index is -1.70. The molecule has 19 nitrogen and oxygen atoms in total. The second-order valence-electron chi connectivity index (χ2n) is 21.6. The van der Waals surface area contributed by atoms with Gasteiger partial charge in [-0.15, -0.1) is 0 Å². The molecule has 4 saturated heterocycles. The quantitative estimate of drug-likeness (QED) is 0.0964. The third-order valence-corrected chi connectivity index (χ3v) is 18.0. The van der Waals surface area contributed by atoms with E-state index in [0.29, 0.717) is 43.4 Å². The van der Waals surface area contributed by atoms with E-state index in [0.717, 1.165) is 32.1 Å². The first-order valence-electron chi connectivity index (χ1n) is 23.8. The molecule has 0 amide bonds. The van der Waals surface area contributed by atoms with Crippen molar-refractivity contribution in [2.45, 2.75) is 209 Å². The summed E-state index contributed by atoms with van der Waals surface area (Å²) in [6.45, 7) is 9.19. The van der Waals surface area contributed by atoms with Gasteiger partial charge in [0.05, 0.1) is 44.2 Å². The van der Waals surface area contributed by atoms with Crippen LogP contribution >= 0.6 is 0 Å². The Bertz CT molecular complexity index is 1580. The van der Waals surface area contributed by atoms with Crippen LogP contribution in [0.2, 0.25) is 0 Å². The smallest absolute Gasteiger partial charge is 0.187 e. The number of aliphatic hydroxyl groups is 12. The van der Waals surface area contributed by atoms with Crippen molar-refractivity contribution in [1.82, 2.24) is 0 Å². The van der Waals surface area contributed by atoms with Gasteiger partial charge in [-0.2, -0.15) is 0 Å². The third kappa shape index (κ3) is 8.55. The van der Waals surface area contributed by atoms with E-state index in [1.54, 1.807) is 0 Å². The molecule has 0 aromatic carbocycles. The molecule has 0 aromatic rings. The summed E-state index contributed by atoms with van der Waals surface area (Å²) in [5, 5.41) is 127. The zero-order valence-corrected chi connectivity index (χ0v) is 37.6. The maximum Gasteiger partial charge on any atom is 0.187 e. The Morgan fingerprint density at radius 1 is 0.672 bits per heavy atom. The average Bonchev–Trinajstić information content (AvgIpc) is 3.70. The second-order valence-corrected chi connectivity index (χ2v) is 21.6. The van der Waals surface area contributed by atoms with E-state index in [9.17, 15) is 61.3 Å². The van der Waals surface area contributed by atoms with Crippen molar-refractivity contribution in [2.75, 3.05) is 19.8 Å². The molecule has 370 valence electrons. The predicted molar refractivity (Wildman–Crippen MR) is 219 cm³/mol. The molecule has 0 bridgehead atoms. The summed E-state index contributed by atoms with van der Waals surface area (Å²) < 4.78 is 41.9. The number of hydrogen-bond acceptors (Lipinski definition) is 19. The van der Waals surface area contributed by atoms with E-state index in [1.165, 1.54) is 6.92 Å². The predicted octanol–water partition coefficient (Wildman–Crippen LogP) is -1.78. The number of rotatable bonds is 12. The van der Waals surface area contributed by atoms with Gasteiger partial charge in [-0.25, -0.2) is 0 Å². The highest BCUT2D eigenvalue weighted by Crippen LogP contribution is 2.71. The molecular weight excluding hydrogens is 844 g/mol. The van der Waals surface area contributed by atoms with Crippen molar-refractivity contribution in [3.8, 4) is 0 Å². The summed E-state index contributed by atoms with van der Waals surface area (Å²) in [5.74, 6) is -0.0681. The lowest BCUT2D eigenvalue weighted by molar-refractivity contribution is -0.374. The van der Waals surface area contributed by atoms with Gasteiger partial charge in [0.1, 0.15) is 67.1 Å². The van der Waals surface area contributed by atoms with Crippen molar-refractivity contribution in [3.63, 3.8) is 0 Å². The fourth-order valence-corrected chi connectivity index (χ4v) is 14.1. The van der Waals surface area contributed by atoms with E-state index >= 15 is 0 Å². The Kier molecular flexibility index (Phi) is 14.6. The summed E-state index contributed by atoms with van der Waals surface area (Å²) in [6.07, 6.45) is -16.4. The molecule has 0 spiro atoms. The minimum absolute atomic E-state index is 0.0563. The number of aliphatic hydroxyl groups excluding tert-OH is 11. The van der Waals surface area contributed by atoms with Crippen LogP contribution < -0.4 is 0 Å². The highest BCUT2D eigenvalue weighted by molar-refractivity contribution is 5.15. The molecule has 28 atom stereocenters. The first-order valence-corrected chi connectivity index (χ1v) is 23.8. The van der Waals surface area contributed by atoms with Crippen LogP contribution in [0.5, 0.6) is 0 Å². The Labute approximate surface area is 374 Å². The first kappa shape index (κ1) is 49.7. The van der Waals surface area contributed by atoms with Gasteiger partial charge in [0, 0.05) is 12.3 Å². The number of hydrogen-bond donors (Lipinski definition) is 12. The van der Waals surface area contributed by atoms with Crippen LogP contribution in [0.15, 0.2) is 0 Å². The molecule has 8 aliphatic rings. The lowest BCUT2D eigenvalue weighted by atomic mass is 9.44. The van der Waals surface area contributed by atoms with Crippen LogP contribution in [0.3, 0.4) is 0 Å². The molecule has 4 heterocycles. The summed E-state index contributed by atoms with van der Waals surface area (Å²) in [6, 6.07) is 0. The average molecular weight is 921 g/mol. The second kappa shape index (κ2) is 18.9. The van der Waals surface area contributed by atoms with Crippen LogP contribution in [-0.4, -0.2) is 197 Å². The van der Waals surface area contributed by atoms with E-state index in [2.05, 4.69) is 20.8 Å². The first-order chi connectivity index (χ1) is 30.2. The molecule has 0 radical (unpaired) electrons. The van der Waals surface area contributed by atoms with Gasteiger partial charge in [-0.3, -0.25) is 0 Å². The largest absolute Gasteiger partial charge is 0.394 e. The van der Waals surface area contributed by atoms with Gasteiger partial charge in [0.15, 0.2) is 24.7 Å². The highest BCUT2D eigenvalue weighted by Gasteiger charge is 2.69. The van der Waals surface area contributed by atoms with Gasteiger partial charge in [-0.05, 0) is 105 Å². The van der Waals surface area contributed by atoms with Gasteiger partial charge < -0.3 is 94.4 Å². The molecule has 4 aliphatic carbocycles. The topological polar surface area (TPSA) is 307 Å². The lowest BCUT2D eigenvalue weighted by Crippen LogP contribution is -2.65. The standard InChI is InChI=1S/C45H76O19/c1-18(17-58-40-37(55)35(53)32(50)28(15-46)61-40)8-11-45(57)19(2)30-27(64-45)13-24-22-7-6-21-12-26(25(48)14-44(21,5)23(22)9-10-43(24,30)4)60-42-39(36(54)33(51)29(16-47)62-42)63-41-38(56)34(52)31(49)20(3)59-41/h18-42,46-57H,6-17H2,1-5H3/t18-,19-,20-,21-,22+,23-,24+,25+,26+,27-,28+,29+,30-,31-,32+,33+,34+,35-,36-,37+,38+,39+,40+,41-,42+,43-,44-,45-/m0/s1. The molecule has 0 aromatic heterocycles. The number of ether oxygens (including phenoxy) is 7. The molecule has 12 N–H and O–H groups in total. The van der Waals surface area contributed by atoms with E-state index in [1.807, 2.05) is 6.92 Å². The lowest BCUT2D eigenvalue weighted by Gasteiger charge is -2.62. The van der Waals surface area contributed by atoms with Gasteiger partial charge in [-0.1, -0.05) is 27.7 Å². The fourth-order valence-electron chi connectivity index (χ4n) is 14.1. The molecule has 8 fully saturated rings. The fraction of sp³-hybridized carbons (Fsp3) is 1.00. The van der Waals surface area contributed by atoms with Gasteiger partial charge >= 0.3 is 0 Å².